The number of hydrogen-bond acceptors (Lipinski definition) is 5. The number of aliphatic hydroxyl groups is 1. The van der Waals surface area contributed by atoms with Crippen molar-refractivity contribution in [3.05, 3.63) is 23.3 Å². The molecule has 7 heteroatoms. The average Bonchev–Trinajstić information content (AvgIpc) is 3.27. The fourth-order valence-corrected chi connectivity index (χ4v) is 7.63. The fraction of sp³-hybridized carbons (Fsp3) is 0.714. The Morgan fingerprint density at radius 2 is 2.07 bits per heavy atom. The number of ether oxygens (including phenoxy) is 1. The summed E-state index contributed by atoms with van der Waals surface area (Å²) in [5.74, 6) is 2.31. The molecule has 0 aromatic heterocycles. The van der Waals surface area contributed by atoms with Crippen LogP contribution in [0.2, 0.25) is 0 Å². The maximum absolute atomic E-state index is 11.5. The molecule has 3 saturated carbocycles. The second-order valence-corrected chi connectivity index (χ2v) is 10.6. The van der Waals surface area contributed by atoms with Crippen molar-refractivity contribution in [2.24, 2.45) is 27.8 Å². The molecule has 1 aromatic carbocycles. The van der Waals surface area contributed by atoms with Gasteiger partial charge in [-0.3, -0.25) is 0 Å². The Balaban J connectivity index is 1.55. The van der Waals surface area contributed by atoms with Gasteiger partial charge in [0, 0.05) is 0 Å². The summed E-state index contributed by atoms with van der Waals surface area (Å²) in [4.78, 5) is 0. The molecule has 0 aliphatic heterocycles. The van der Waals surface area contributed by atoms with E-state index >= 15 is 0 Å². The van der Waals surface area contributed by atoms with E-state index < -0.39 is 10.3 Å². The second-order valence-electron chi connectivity index (χ2n) is 9.41. The van der Waals surface area contributed by atoms with Crippen LogP contribution in [0.15, 0.2) is 12.1 Å². The van der Waals surface area contributed by atoms with Crippen molar-refractivity contribution >= 4 is 10.3 Å². The maximum Gasteiger partial charge on any atom is 0.380 e. The molecule has 4 aliphatic rings. The standard InChI is InChI=1S/C21H29NO5S/c1-3-26-17-10-15-12(8-18(17)27-28(22,24)25)4-5-16-14(15)6-7-20(2)19(23)9-13-11-21(13,16)20/h8,10,13-14,16,19,23H,3-7,9,11H2,1-2H3,(H2,22,24,25)/t13-,14-,16-,19+,20-,21+/m1/s1. The van der Waals surface area contributed by atoms with E-state index in [-0.39, 0.29) is 22.7 Å². The summed E-state index contributed by atoms with van der Waals surface area (Å²) >= 11 is 0. The lowest BCUT2D eigenvalue weighted by molar-refractivity contribution is -0.0558. The van der Waals surface area contributed by atoms with Gasteiger partial charge in [-0.05, 0) is 97.3 Å². The van der Waals surface area contributed by atoms with Crippen LogP contribution in [-0.4, -0.2) is 26.2 Å². The molecule has 0 bridgehead atoms. The molecule has 0 saturated heterocycles. The minimum absolute atomic E-state index is 0.0514. The molecule has 1 aromatic rings. The van der Waals surface area contributed by atoms with Crippen molar-refractivity contribution in [1.29, 1.82) is 0 Å². The van der Waals surface area contributed by atoms with E-state index in [0.29, 0.717) is 30.1 Å². The van der Waals surface area contributed by atoms with Crippen LogP contribution in [0.5, 0.6) is 11.5 Å². The van der Waals surface area contributed by atoms with Gasteiger partial charge in [0.25, 0.3) is 0 Å². The monoisotopic (exact) mass is 407 g/mol. The molecule has 0 heterocycles. The number of hydrogen-bond donors (Lipinski definition) is 2. The molecule has 0 radical (unpaired) electrons. The van der Waals surface area contributed by atoms with Gasteiger partial charge >= 0.3 is 10.3 Å². The number of aliphatic hydroxyl groups excluding tert-OH is 1. The van der Waals surface area contributed by atoms with Crippen LogP contribution in [0.1, 0.15) is 63.0 Å². The van der Waals surface area contributed by atoms with E-state index in [1.54, 1.807) is 6.07 Å². The highest BCUT2D eigenvalue weighted by Gasteiger charge is 2.76. The molecule has 0 amide bonds. The summed E-state index contributed by atoms with van der Waals surface area (Å²) < 4.78 is 33.6. The minimum Gasteiger partial charge on any atom is -0.490 e. The second kappa shape index (κ2) is 5.86. The van der Waals surface area contributed by atoms with Gasteiger partial charge in [0.15, 0.2) is 11.5 Å². The summed E-state index contributed by atoms with van der Waals surface area (Å²) in [6, 6.07) is 3.79. The summed E-state index contributed by atoms with van der Waals surface area (Å²) in [7, 11) is -4.10. The van der Waals surface area contributed by atoms with Crippen LogP contribution in [0, 0.1) is 22.7 Å². The normalized spacial score (nSPS) is 40.7. The maximum atomic E-state index is 11.5. The van der Waals surface area contributed by atoms with Gasteiger partial charge in [-0.1, -0.05) is 6.92 Å². The predicted molar refractivity (Wildman–Crippen MR) is 104 cm³/mol. The quantitative estimate of drug-likeness (QED) is 0.800. The zero-order valence-corrected chi connectivity index (χ0v) is 17.3. The number of benzene rings is 1. The third-order valence-electron chi connectivity index (χ3n) is 8.42. The highest BCUT2D eigenvalue weighted by molar-refractivity contribution is 7.84. The molecule has 154 valence electrons. The first-order valence-corrected chi connectivity index (χ1v) is 11.9. The zero-order chi connectivity index (χ0) is 19.9. The molecule has 4 aliphatic carbocycles. The van der Waals surface area contributed by atoms with Gasteiger partial charge in [0.1, 0.15) is 0 Å². The Hall–Kier alpha value is -1.31. The third-order valence-corrected chi connectivity index (χ3v) is 8.83. The fourth-order valence-electron chi connectivity index (χ4n) is 7.25. The smallest absolute Gasteiger partial charge is 0.380 e. The van der Waals surface area contributed by atoms with Gasteiger partial charge in [0.2, 0.25) is 0 Å². The molecule has 6 nitrogen and oxygen atoms in total. The van der Waals surface area contributed by atoms with Crippen molar-refractivity contribution in [3.63, 3.8) is 0 Å². The predicted octanol–water partition coefficient (Wildman–Crippen LogP) is 2.88. The van der Waals surface area contributed by atoms with Gasteiger partial charge in [-0.25, -0.2) is 0 Å². The Bertz CT molecular complexity index is 931. The van der Waals surface area contributed by atoms with Crippen LogP contribution < -0.4 is 14.1 Å². The van der Waals surface area contributed by atoms with Crippen molar-refractivity contribution in [1.82, 2.24) is 0 Å². The summed E-state index contributed by atoms with van der Waals surface area (Å²) in [5, 5.41) is 15.8. The molecule has 28 heavy (non-hydrogen) atoms. The van der Waals surface area contributed by atoms with Crippen molar-refractivity contribution in [3.8, 4) is 11.5 Å². The summed E-state index contributed by atoms with van der Waals surface area (Å²) in [6.07, 6.45) is 6.12. The first-order valence-electron chi connectivity index (χ1n) is 10.4. The summed E-state index contributed by atoms with van der Waals surface area (Å²) in [5.41, 5.74) is 2.74. The lowest BCUT2D eigenvalue weighted by Crippen LogP contribution is -2.47. The van der Waals surface area contributed by atoms with E-state index in [2.05, 4.69) is 6.92 Å². The van der Waals surface area contributed by atoms with Crippen LogP contribution in [0.3, 0.4) is 0 Å². The van der Waals surface area contributed by atoms with Crippen LogP contribution >= 0.6 is 0 Å². The highest BCUT2D eigenvalue weighted by atomic mass is 32.2. The largest absolute Gasteiger partial charge is 0.490 e. The Labute approximate surface area is 166 Å². The van der Waals surface area contributed by atoms with Crippen LogP contribution in [0.4, 0.5) is 0 Å². The zero-order valence-electron chi connectivity index (χ0n) is 16.5. The van der Waals surface area contributed by atoms with Gasteiger partial charge in [-0.2, -0.15) is 13.6 Å². The van der Waals surface area contributed by atoms with E-state index in [9.17, 15) is 13.5 Å². The number of rotatable bonds is 4. The first-order chi connectivity index (χ1) is 13.2. The lowest BCUT2D eigenvalue weighted by Gasteiger charge is -2.52. The molecular weight excluding hydrogens is 378 g/mol. The number of fused-ring (bicyclic) bond motifs is 3. The van der Waals surface area contributed by atoms with Crippen LogP contribution in [-0.2, 0) is 16.7 Å². The van der Waals surface area contributed by atoms with Crippen molar-refractivity contribution in [2.75, 3.05) is 6.61 Å². The van der Waals surface area contributed by atoms with Gasteiger partial charge < -0.3 is 14.0 Å². The Kier molecular flexibility index (Phi) is 3.91. The van der Waals surface area contributed by atoms with Gasteiger partial charge in [0.05, 0.1) is 12.7 Å². The van der Waals surface area contributed by atoms with E-state index in [1.807, 2.05) is 13.0 Å². The Morgan fingerprint density at radius 1 is 1.29 bits per heavy atom. The molecule has 0 unspecified atom stereocenters. The molecule has 6 atom stereocenters. The van der Waals surface area contributed by atoms with Crippen molar-refractivity contribution in [2.45, 2.75) is 64.4 Å². The van der Waals surface area contributed by atoms with Crippen LogP contribution in [0.25, 0.3) is 0 Å². The number of aryl methyl sites for hydroxylation is 1. The molecular formula is C21H29NO5S. The SMILES string of the molecule is CCOc1cc2c(cc1OS(N)(=O)=O)CC[C@@H]1[C@@H]2CC[C@]2(C)[C@@H](O)C[C@@H]3C[C@]312. The molecule has 5 rings (SSSR count). The van der Waals surface area contributed by atoms with E-state index in [4.69, 9.17) is 14.1 Å². The highest BCUT2D eigenvalue weighted by Crippen LogP contribution is 2.81. The first kappa shape index (κ1) is 18.7. The average molecular weight is 408 g/mol. The van der Waals surface area contributed by atoms with Gasteiger partial charge in [-0.15, -0.1) is 0 Å². The third kappa shape index (κ3) is 2.42. The lowest BCUT2D eigenvalue weighted by atomic mass is 9.52. The number of nitrogens with two attached hydrogens (primary N) is 1. The minimum atomic E-state index is -4.10. The van der Waals surface area contributed by atoms with Crippen molar-refractivity contribution < 1.29 is 22.4 Å². The van der Waals surface area contributed by atoms with E-state index in [0.717, 1.165) is 37.7 Å². The molecule has 1 spiro atoms. The summed E-state index contributed by atoms with van der Waals surface area (Å²) in [6.45, 7) is 4.60. The topological polar surface area (TPSA) is 98.9 Å². The van der Waals surface area contributed by atoms with E-state index in [1.165, 1.54) is 12.0 Å². The molecule has 3 N–H and O–H groups in total. The Morgan fingerprint density at radius 3 is 2.79 bits per heavy atom. The molecule has 3 fully saturated rings.